The Bertz CT molecular complexity index is 1050. The number of fused-ring (bicyclic) bond motifs is 1. The maximum absolute atomic E-state index is 12.0. The van der Waals surface area contributed by atoms with Gasteiger partial charge < -0.3 is 9.47 Å². The number of benzene rings is 2. The van der Waals surface area contributed by atoms with Crippen LogP contribution in [0.3, 0.4) is 0 Å². The topological polar surface area (TPSA) is 116 Å². The van der Waals surface area contributed by atoms with Crippen molar-refractivity contribution in [3.63, 3.8) is 0 Å². The van der Waals surface area contributed by atoms with Crippen molar-refractivity contribution in [3.05, 3.63) is 52.1 Å². The zero-order valence-electron chi connectivity index (χ0n) is 15.4. The van der Waals surface area contributed by atoms with Crippen LogP contribution in [-0.4, -0.2) is 42.0 Å². The zero-order valence-corrected chi connectivity index (χ0v) is 17.1. The van der Waals surface area contributed by atoms with Crippen LogP contribution in [0.5, 0.6) is 11.5 Å². The summed E-state index contributed by atoms with van der Waals surface area (Å²) in [6, 6.07) is 10.6. The lowest BCUT2D eigenvalue weighted by atomic mass is 10.2. The molecule has 3 aromatic rings. The molecule has 29 heavy (non-hydrogen) atoms. The number of hydrogen-bond donors (Lipinski definition) is 1. The van der Waals surface area contributed by atoms with Crippen molar-refractivity contribution in [3.8, 4) is 11.5 Å². The Labute approximate surface area is 173 Å². The van der Waals surface area contributed by atoms with E-state index in [1.54, 1.807) is 0 Å². The molecule has 0 unspecified atom stereocenters. The Morgan fingerprint density at radius 1 is 1.34 bits per heavy atom. The summed E-state index contributed by atoms with van der Waals surface area (Å²) in [5.41, 5.74) is 3.42. The third kappa shape index (κ3) is 5.00. The number of aromatic nitrogens is 1. The van der Waals surface area contributed by atoms with Gasteiger partial charge in [-0.2, -0.15) is 5.10 Å². The van der Waals surface area contributed by atoms with E-state index in [0.717, 1.165) is 14.6 Å². The molecule has 0 radical (unpaired) electrons. The molecule has 2 aromatic carbocycles. The first-order valence-corrected chi connectivity index (χ1v) is 10.0. The van der Waals surface area contributed by atoms with Gasteiger partial charge in [-0.1, -0.05) is 23.9 Å². The van der Waals surface area contributed by atoms with Gasteiger partial charge in [-0.05, 0) is 18.2 Å². The molecular weight excluding hydrogens is 416 g/mol. The number of ether oxygens (including phenoxy) is 2. The molecule has 3 rings (SSSR count). The number of nitrogens with zero attached hydrogens (tertiary/aromatic N) is 3. The van der Waals surface area contributed by atoms with Crippen molar-refractivity contribution >= 4 is 51.1 Å². The van der Waals surface area contributed by atoms with Gasteiger partial charge in [0.05, 0.1) is 41.3 Å². The van der Waals surface area contributed by atoms with Gasteiger partial charge in [0, 0.05) is 11.6 Å². The van der Waals surface area contributed by atoms with Crippen LogP contribution in [0, 0.1) is 10.1 Å². The Morgan fingerprint density at radius 2 is 2.14 bits per heavy atom. The minimum absolute atomic E-state index is 0.0194. The normalized spacial score (nSPS) is 11.0. The molecule has 1 heterocycles. The van der Waals surface area contributed by atoms with Gasteiger partial charge in [-0.25, -0.2) is 10.4 Å². The molecule has 0 aliphatic heterocycles. The van der Waals surface area contributed by atoms with E-state index >= 15 is 0 Å². The van der Waals surface area contributed by atoms with Crippen LogP contribution >= 0.6 is 23.1 Å². The second-order valence-electron chi connectivity index (χ2n) is 5.56. The molecule has 0 atom stereocenters. The quantitative estimate of drug-likeness (QED) is 0.251. The molecule has 1 aromatic heterocycles. The molecule has 150 valence electrons. The fraction of sp³-hybridized carbons (Fsp3) is 0.167. The highest BCUT2D eigenvalue weighted by Gasteiger charge is 2.21. The summed E-state index contributed by atoms with van der Waals surface area (Å²) in [5, 5.41) is 15.1. The molecule has 0 bridgehead atoms. The Balaban J connectivity index is 1.62. The summed E-state index contributed by atoms with van der Waals surface area (Å²) in [4.78, 5) is 27.1. The van der Waals surface area contributed by atoms with Crippen molar-refractivity contribution in [1.29, 1.82) is 0 Å². The van der Waals surface area contributed by atoms with Gasteiger partial charge in [-0.15, -0.1) is 11.3 Å². The molecule has 0 saturated heterocycles. The second-order valence-corrected chi connectivity index (χ2v) is 7.82. The summed E-state index contributed by atoms with van der Waals surface area (Å²) >= 11 is 2.83. The van der Waals surface area contributed by atoms with Crippen LogP contribution in [0.2, 0.25) is 0 Å². The van der Waals surface area contributed by atoms with E-state index in [2.05, 4.69) is 15.5 Å². The molecule has 0 aliphatic carbocycles. The van der Waals surface area contributed by atoms with Crippen molar-refractivity contribution in [2.75, 3.05) is 20.0 Å². The number of amides is 1. The molecule has 0 spiro atoms. The first kappa shape index (κ1) is 20.6. The maximum atomic E-state index is 12.0. The average Bonchev–Trinajstić information content (AvgIpc) is 3.14. The zero-order chi connectivity index (χ0) is 20.8. The van der Waals surface area contributed by atoms with E-state index in [-0.39, 0.29) is 28.8 Å². The standard InChI is InChI=1S/C18H16N4O5S2/c1-26-14-8-11(7-13(22(24)25)17(14)27-2)9-19-21-16(23)10-28-18-20-12-5-3-4-6-15(12)29-18/h3-9H,10H2,1-2H3,(H,21,23)/b19-9-. The van der Waals surface area contributed by atoms with Crippen molar-refractivity contribution in [2.45, 2.75) is 4.34 Å². The lowest BCUT2D eigenvalue weighted by Gasteiger charge is -2.08. The molecule has 11 heteroatoms. The van der Waals surface area contributed by atoms with E-state index in [4.69, 9.17) is 9.47 Å². The van der Waals surface area contributed by atoms with Gasteiger partial charge in [0.15, 0.2) is 10.1 Å². The number of thioether (sulfide) groups is 1. The predicted octanol–water partition coefficient (Wildman–Crippen LogP) is 3.46. The first-order chi connectivity index (χ1) is 14.0. The number of carbonyl (C=O) groups is 1. The summed E-state index contributed by atoms with van der Waals surface area (Å²) in [5.74, 6) is 0.0377. The van der Waals surface area contributed by atoms with Crippen LogP contribution in [0.1, 0.15) is 5.56 Å². The summed E-state index contributed by atoms with van der Waals surface area (Å²) in [6.45, 7) is 0. The third-order valence-electron chi connectivity index (χ3n) is 3.68. The van der Waals surface area contributed by atoms with E-state index < -0.39 is 4.92 Å². The molecule has 0 aliphatic rings. The number of methoxy groups -OCH3 is 2. The summed E-state index contributed by atoms with van der Waals surface area (Å²) in [7, 11) is 2.70. The predicted molar refractivity (Wildman–Crippen MR) is 112 cm³/mol. The fourth-order valence-electron chi connectivity index (χ4n) is 2.43. The van der Waals surface area contributed by atoms with Crippen LogP contribution in [0.15, 0.2) is 45.8 Å². The number of nitrogens with one attached hydrogen (secondary N) is 1. The van der Waals surface area contributed by atoms with E-state index in [0.29, 0.717) is 5.56 Å². The number of nitro benzene ring substituents is 1. The van der Waals surface area contributed by atoms with Crippen molar-refractivity contribution in [2.24, 2.45) is 5.10 Å². The van der Waals surface area contributed by atoms with E-state index in [1.807, 2.05) is 24.3 Å². The monoisotopic (exact) mass is 432 g/mol. The molecule has 0 fully saturated rings. The van der Waals surface area contributed by atoms with Crippen molar-refractivity contribution in [1.82, 2.24) is 10.4 Å². The minimum Gasteiger partial charge on any atom is -0.493 e. The molecule has 0 saturated carbocycles. The molecule has 1 amide bonds. The third-order valence-corrected chi connectivity index (χ3v) is 5.86. The highest BCUT2D eigenvalue weighted by molar-refractivity contribution is 8.01. The largest absolute Gasteiger partial charge is 0.493 e. The summed E-state index contributed by atoms with van der Waals surface area (Å²) in [6.07, 6.45) is 1.30. The number of hydrogen-bond acceptors (Lipinski definition) is 9. The number of thiazole rings is 1. The van der Waals surface area contributed by atoms with Gasteiger partial charge in [-0.3, -0.25) is 14.9 Å². The lowest BCUT2D eigenvalue weighted by molar-refractivity contribution is -0.385. The van der Waals surface area contributed by atoms with E-state index in [9.17, 15) is 14.9 Å². The highest BCUT2D eigenvalue weighted by atomic mass is 32.2. The minimum atomic E-state index is -0.577. The average molecular weight is 432 g/mol. The van der Waals surface area contributed by atoms with Crippen LogP contribution in [-0.2, 0) is 4.79 Å². The van der Waals surface area contributed by atoms with Gasteiger partial charge in [0.2, 0.25) is 5.75 Å². The van der Waals surface area contributed by atoms with Crippen LogP contribution in [0.25, 0.3) is 10.2 Å². The van der Waals surface area contributed by atoms with Gasteiger partial charge in [0.25, 0.3) is 5.91 Å². The first-order valence-electron chi connectivity index (χ1n) is 8.22. The maximum Gasteiger partial charge on any atom is 0.315 e. The van der Waals surface area contributed by atoms with Crippen LogP contribution in [0.4, 0.5) is 5.69 Å². The number of carbonyl (C=O) groups excluding carboxylic acids is 1. The number of hydrazone groups is 1. The number of nitro groups is 1. The molecule has 9 nitrogen and oxygen atoms in total. The van der Waals surface area contributed by atoms with E-state index in [1.165, 1.54) is 55.7 Å². The van der Waals surface area contributed by atoms with Gasteiger partial charge in [0.1, 0.15) is 0 Å². The number of rotatable bonds is 8. The van der Waals surface area contributed by atoms with Crippen LogP contribution < -0.4 is 14.9 Å². The number of para-hydroxylation sites is 1. The Kier molecular flexibility index (Phi) is 6.62. The molecule has 1 N–H and O–H groups in total. The Hall–Kier alpha value is -3.18. The second kappa shape index (κ2) is 9.34. The lowest BCUT2D eigenvalue weighted by Crippen LogP contribution is -2.19. The van der Waals surface area contributed by atoms with Gasteiger partial charge >= 0.3 is 5.69 Å². The molecular formula is C18H16N4O5S2. The van der Waals surface area contributed by atoms with Crippen molar-refractivity contribution < 1.29 is 19.2 Å². The smallest absolute Gasteiger partial charge is 0.315 e. The Morgan fingerprint density at radius 3 is 2.83 bits per heavy atom. The SMILES string of the molecule is COc1cc(/C=N\NC(=O)CSc2nc3ccccc3s2)cc([N+](=O)[O-])c1OC. The fourth-order valence-corrected chi connectivity index (χ4v) is 4.29. The summed E-state index contributed by atoms with van der Waals surface area (Å²) < 4.78 is 12.0. The highest BCUT2D eigenvalue weighted by Crippen LogP contribution is 2.37.